The van der Waals surface area contributed by atoms with E-state index in [0.717, 1.165) is 18.4 Å². The van der Waals surface area contributed by atoms with Crippen LogP contribution in [-0.2, 0) is 25.6 Å². The number of nitrogens with one attached hydrogen (secondary N) is 1. The molecule has 1 aromatic carbocycles. The van der Waals surface area contributed by atoms with Crippen molar-refractivity contribution in [1.29, 1.82) is 0 Å². The molecule has 2 bridgehead atoms. The molecule has 2 fully saturated rings. The van der Waals surface area contributed by atoms with Crippen LogP contribution in [0, 0.1) is 0 Å². The van der Waals surface area contributed by atoms with Gasteiger partial charge in [0.1, 0.15) is 12.1 Å². The van der Waals surface area contributed by atoms with Gasteiger partial charge in [0.15, 0.2) is 0 Å². The summed E-state index contributed by atoms with van der Waals surface area (Å²) in [6, 6.07) is 9.40. The maximum atomic E-state index is 12.3. The zero-order valence-corrected chi connectivity index (χ0v) is 13.1. The van der Waals surface area contributed by atoms with E-state index in [4.69, 9.17) is 14.2 Å². The molecule has 2 saturated heterocycles. The summed E-state index contributed by atoms with van der Waals surface area (Å²) < 4.78 is 15.9. The minimum atomic E-state index is -1.05. The first-order valence-corrected chi connectivity index (χ1v) is 7.84. The van der Waals surface area contributed by atoms with Crippen molar-refractivity contribution >= 4 is 12.1 Å². The van der Waals surface area contributed by atoms with Gasteiger partial charge in [-0.3, -0.25) is 0 Å². The fourth-order valence-electron chi connectivity index (χ4n) is 3.41. The summed E-state index contributed by atoms with van der Waals surface area (Å²) in [5.41, 5.74) is -0.158. The third kappa shape index (κ3) is 3.47. The van der Waals surface area contributed by atoms with E-state index in [1.54, 1.807) is 0 Å². The molecule has 1 amide bonds. The molecule has 3 rings (SSSR count). The highest BCUT2D eigenvalue weighted by Gasteiger charge is 2.51. The first kappa shape index (κ1) is 15.8. The van der Waals surface area contributed by atoms with Gasteiger partial charge in [0.05, 0.1) is 19.3 Å². The average Bonchev–Trinajstić information content (AvgIpc) is 2.92. The molecule has 6 heteroatoms. The Morgan fingerprint density at radius 1 is 1.22 bits per heavy atom. The fourth-order valence-corrected chi connectivity index (χ4v) is 3.41. The van der Waals surface area contributed by atoms with Crippen molar-refractivity contribution in [3.63, 3.8) is 0 Å². The van der Waals surface area contributed by atoms with Gasteiger partial charge in [-0.2, -0.15) is 0 Å². The minimum absolute atomic E-state index is 0.0118. The highest BCUT2D eigenvalue weighted by molar-refractivity contribution is 5.86. The van der Waals surface area contributed by atoms with Gasteiger partial charge < -0.3 is 19.5 Å². The number of esters is 1. The summed E-state index contributed by atoms with van der Waals surface area (Å²) in [6.45, 7) is 0.160. The monoisotopic (exact) mass is 319 g/mol. The normalized spacial score (nSPS) is 28.9. The van der Waals surface area contributed by atoms with Crippen LogP contribution in [0.5, 0.6) is 0 Å². The summed E-state index contributed by atoms with van der Waals surface area (Å²) in [5.74, 6) is -0.436. The Labute approximate surface area is 135 Å². The molecular weight excluding hydrogens is 298 g/mol. The number of benzene rings is 1. The number of carbonyl (C=O) groups excluding carboxylic acids is 2. The summed E-state index contributed by atoms with van der Waals surface area (Å²) in [7, 11) is 1.33. The molecule has 0 radical (unpaired) electrons. The van der Waals surface area contributed by atoms with Gasteiger partial charge in [-0.05, 0) is 18.4 Å². The summed E-state index contributed by atoms with van der Waals surface area (Å²) in [4.78, 5) is 24.4. The highest BCUT2D eigenvalue weighted by Crippen LogP contribution is 2.39. The summed E-state index contributed by atoms with van der Waals surface area (Å²) in [5, 5.41) is 2.74. The number of hydrogen-bond acceptors (Lipinski definition) is 5. The van der Waals surface area contributed by atoms with Gasteiger partial charge in [-0.25, -0.2) is 9.59 Å². The predicted octanol–water partition coefficient (Wildman–Crippen LogP) is 2.17. The first-order chi connectivity index (χ1) is 11.1. The standard InChI is InChI=1S/C17H21NO5/c1-21-15(19)17(9-13-7-8-14(10-17)23-13)18-16(20)22-11-12-5-3-2-4-6-12/h2-6,13-14H,7-11H2,1H3,(H,18,20). The quantitative estimate of drug-likeness (QED) is 0.861. The maximum absolute atomic E-state index is 12.3. The second kappa shape index (κ2) is 6.58. The van der Waals surface area contributed by atoms with Crippen LogP contribution >= 0.6 is 0 Å². The molecule has 1 N–H and O–H groups in total. The van der Waals surface area contributed by atoms with E-state index in [1.807, 2.05) is 30.3 Å². The van der Waals surface area contributed by atoms with E-state index >= 15 is 0 Å². The van der Waals surface area contributed by atoms with Crippen LogP contribution in [0.2, 0.25) is 0 Å². The molecule has 1 aromatic rings. The average molecular weight is 319 g/mol. The number of ether oxygens (including phenoxy) is 3. The number of amides is 1. The highest BCUT2D eigenvalue weighted by atomic mass is 16.6. The molecule has 6 nitrogen and oxygen atoms in total. The van der Waals surface area contributed by atoms with Crippen LogP contribution < -0.4 is 5.32 Å². The summed E-state index contributed by atoms with van der Waals surface area (Å²) >= 11 is 0. The SMILES string of the molecule is COC(=O)C1(NC(=O)OCc2ccccc2)CC2CCC(C1)O2. The molecular formula is C17H21NO5. The number of methoxy groups -OCH3 is 1. The molecule has 2 heterocycles. The van der Waals surface area contributed by atoms with E-state index < -0.39 is 17.6 Å². The van der Waals surface area contributed by atoms with Crippen LogP contribution in [-0.4, -0.2) is 36.9 Å². The van der Waals surface area contributed by atoms with Crippen LogP contribution in [0.4, 0.5) is 4.79 Å². The fraction of sp³-hybridized carbons (Fsp3) is 0.529. The molecule has 0 saturated carbocycles. The topological polar surface area (TPSA) is 73.9 Å². The van der Waals surface area contributed by atoms with Gasteiger partial charge in [0.25, 0.3) is 0 Å². The number of hydrogen-bond donors (Lipinski definition) is 1. The minimum Gasteiger partial charge on any atom is -0.467 e. The van der Waals surface area contributed by atoms with Gasteiger partial charge in [0, 0.05) is 12.8 Å². The van der Waals surface area contributed by atoms with Gasteiger partial charge in [0.2, 0.25) is 0 Å². The molecule has 2 unspecified atom stereocenters. The number of alkyl carbamates (subject to hydrolysis) is 1. The smallest absolute Gasteiger partial charge is 0.408 e. The van der Waals surface area contributed by atoms with Crippen molar-refractivity contribution in [1.82, 2.24) is 5.32 Å². The molecule has 2 aliphatic heterocycles. The molecule has 2 aliphatic rings. The lowest BCUT2D eigenvalue weighted by atomic mass is 9.86. The number of rotatable bonds is 4. The molecule has 23 heavy (non-hydrogen) atoms. The van der Waals surface area contributed by atoms with E-state index in [0.29, 0.717) is 12.8 Å². The van der Waals surface area contributed by atoms with E-state index in [9.17, 15) is 9.59 Å². The molecule has 124 valence electrons. The lowest BCUT2D eigenvalue weighted by Crippen LogP contribution is -2.60. The number of fused-ring (bicyclic) bond motifs is 2. The van der Waals surface area contributed by atoms with Gasteiger partial charge in [-0.1, -0.05) is 30.3 Å². The Kier molecular flexibility index (Phi) is 4.52. The van der Waals surface area contributed by atoms with Crippen molar-refractivity contribution in [3.05, 3.63) is 35.9 Å². The predicted molar refractivity (Wildman–Crippen MR) is 81.6 cm³/mol. The third-order valence-electron chi connectivity index (χ3n) is 4.48. The van der Waals surface area contributed by atoms with Crippen LogP contribution in [0.15, 0.2) is 30.3 Å². The Bertz CT molecular complexity index is 562. The van der Waals surface area contributed by atoms with Crippen molar-refractivity contribution in [2.24, 2.45) is 0 Å². The van der Waals surface area contributed by atoms with Crippen molar-refractivity contribution in [2.45, 2.75) is 50.0 Å². The lowest BCUT2D eigenvalue weighted by molar-refractivity contribution is -0.156. The largest absolute Gasteiger partial charge is 0.467 e. The molecule has 2 atom stereocenters. The van der Waals surface area contributed by atoms with Crippen molar-refractivity contribution in [3.8, 4) is 0 Å². The zero-order valence-electron chi connectivity index (χ0n) is 13.1. The summed E-state index contributed by atoms with van der Waals surface area (Å²) in [6.07, 6.45) is 2.03. The van der Waals surface area contributed by atoms with E-state index in [2.05, 4.69) is 5.32 Å². The Morgan fingerprint density at radius 2 is 1.87 bits per heavy atom. The van der Waals surface area contributed by atoms with Crippen molar-refractivity contribution < 1.29 is 23.8 Å². The Morgan fingerprint density at radius 3 is 2.48 bits per heavy atom. The molecule has 0 aromatic heterocycles. The van der Waals surface area contributed by atoms with Crippen LogP contribution in [0.3, 0.4) is 0 Å². The van der Waals surface area contributed by atoms with Crippen molar-refractivity contribution in [2.75, 3.05) is 7.11 Å². The zero-order chi connectivity index (χ0) is 16.3. The Balaban J connectivity index is 1.64. The Hall–Kier alpha value is -2.08. The van der Waals surface area contributed by atoms with Gasteiger partial charge >= 0.3 is 12.1 Å². The van der Waals surface area contributed by atoms with Crippen LogP contribution in [0.1, 0.15) is 31.2 Å². The van der Waals surface area contributed by atoms with E-state index in [-0.39, 0.29) is 18.8 Å². The maximum Gasteiger partial charge on any atom is 0.408 e. The third-order valence-corrected chi connectivity index (χ3v) is 4.48. The molecule has 0 aliphatic carbocycles. The van der Waals surface area contributed by atoms with Crippen LogP contribution in [0.25, 0.3) is 0 Å². The second-order valence-electron chi connectivity index (χ2n) is 6.13. The second-order valence-corrected chi connectivity index (χ2v) is 6.13. The molecule has 0 spiro atoms. The lowest BCUT2D eigenvalue weighted by Gasteiger charge is -2.38. The van der Waals surface area contributed by atoms with Gasteiger partial charge in [-0.15, -0.1) is 0 Å². The number of carbonyl (C=O) groups is 2. The van der Waals surface area contributed by atoms with E-state index in [1.165, 1.54) is 7.11 Å². The first-order valence-electron chi connectivity index (χ1n) is 7.84.